The van der Waals surface area contributed by atoms with Crippen LogP contribution in [0.5, 0.6) is 0 Å². The third-order valence-corrected chi connectivity index (χ3v) is 3.75. The van der Waals surface area contributed by atoms with E-state index in [-0.39, 0.29) is 12.2 Å². The molecule has 0 fully saturated rings. The van der Waals surface area contributed by atoms with E-state index in [1.165, 1.54) is 0 Å². The molecule has 14 heavy (non-hydrogen) atoms. The molecule has 0 heterocycles. The molecule has 0 aromatic carbocycles. The van der Waals surface area contributed by atoms with Gasteiger partial charge in [-0.1, -0.05) is 25.7 Å². The number of carbonyl (C=O) groups is 1. The first kappa shape index (κ1) is 13.8. The first-order valence-electron chi connectivity index (χ1n) is 4.77. The van der Waals surface area contributed by atoms with Crippen LogP contribution in [0, 0.1) is 0 Å². The standard InChI is InChI=1S/C9H20O4Si/c1-14(2,3)5-4-7(11)9(13)8(12)6-10/h8-10,12-13H,4-6H2,1-3H3/t8-,9+/m1/s1. The maximum atomic E-state index is 11.3. The summed E-state index contributed by atoms with van der Waals surface area (Å²) in [7, 11) is -1.29. The molecule has 5 heteroatoms. The number of aliphatic hydroxyl groups is 3. The van der Waals surface area contributed by atoms with Gasteiger partial charge in [-0.25, -0.2) is 0 Å². The summed E-state index contributed by atoms with van der Waals surface area (Å²) in [6, 6.07) is 0.793. The SMILES string of the molecule is C[Si](C)(C)CCC(=O)[C@H](O)[C@H](O)CO. The summed E-state index contributed by atoms with van der Waals surface area (Å²) in [5.41, 5.74) is 0. The van der Waals surface area contributed by atoms with Crippen molar-refractivity contribution in [2.24, 2.45) is 0 Å². The summed E-state index contributed by atoms with van der Waals surface area (Å²) in [5, 5.41) is 26.8. The van der Waals surface area contributed by atoms with Crippen molar-refractivity contribution >= 4 is 13.9 Å². The molecule has 0 aromatic heterocycles. The van der Waals surface area contributed by atoms with Gasteiger partial charge in [-0.15, -0.1) is 0 Å². The molecule has 0 spiro atoms. The van der Waals surface area contributed by atoms with Crippen molar-refractivity contribution in [3.8, 4) is 0 Å². The zero-order valence-electron chi connectivity index (χ0n) is 9.03. The summed E-state index contributed by atoms with van der Waals surface area (Å²) in [5.74, 6) is -0.381. The molecule has 0 aliphatic carbocycles. The lowest BCUT2D eigenvalue weighted by molar-refractivity contribution is -0.134. The van der Waals surface area contributed by atoms with E-state index in [4.69, 9.17) is 10.2 Å². The average Bonchev–Trinajstić information content (AvgIpc) is 2.10. The largest absolute Gasteiger partial charge is 0.394 e. The van der Waals surface area contributed by atoms with Crippen LogP contribution in [-0.2, 0) is 4.79 Å². The molecule has 0 saturated heterocycles. The quantitative estimate of drug-likeness (QED) is 0.551. The maximum absolute atomic E-state index is 11.3. The third-order valence-electron chi connectivity index (χ3n) is 2.00. The molecular weight excluding hydrogens is 200 g/mol. The van der Waals surface area contributed by atoms with Crippen LogP contribution >= 0.6 is 0 Å². The van der Waals surface area contributed by atoms with E-state index in [1.807, 2.05) is 0 Å². The van der Waals surface area contributed by atoms with Crippen LogP contribution in [0.3, 0.4) is 0 Å². The Kier molecular flexibility index (Phi) is 5.51. The van der Waals surface area contributed by atoms with Crippen LogP contribution in [0.15, 0.2) is 0 Å². The van der Waals surface area contributed by atoms with Crippen molar-refractivity contribution in [1.82, 2.24) is 0 Å². The van der Waals surface area contributed by atoms with Crippen molar-refractivity contribution in [1.29, 1.82) is 0 Å². The van der Waals surface area contributed by atoms with Crippen LogP contribution in [0.25, 0.3) is 0 Å². The highest BCUT2D eigenvalue weighted by Gasteiger charge is 2.24. The monoisotopic (exact) mass is 220 g/mol. The van der Waals surface area contributed by atoms with E-state index in [9.17, 15) is 9.90 Å². The number of Topliss-reactive ketones (excluding diaryl/α,β-unsaturated/α-hetero) is 1. The molecule has 0 aromatic rings. The summed E-state index contributed by atoms with van der Waals surface area (Å²) in [4.78, 5) is 11.3. The maximum Gasteiger partial charge on any atom is 0.163 e. The van der Waals surface area contributed by atoms with Crippen LogP contribution in [-0.4, -0.2) is 48.0 Å². The second kappa shape index (κ2) is 5.60. The molecule has 0 aliphatic heterocycles. The molecule has 0 bridgehead atoms. The normalized spacial score (nSPS) is 16.4. The van der Waals surface area contributed by atoms with Crippen molar-refractivity contribution in [3.63, 3.8) is 0 Å². The average molecular weight is 220 g/mol. The van der Waals surface area contributed by atoms with Gasteiger partial charge in [0.15, 0.2) is 5.78 Å². The second-order valence-electron chi connectivity index (χ2n) is 4.72. The Morgan fingerprint density at radius 2 is 1.79 bits per heavy atom. The van der Waals surface area contributed by atoms with E-state index < -0.39 is 26.9 Å². The Hall–Kier alpha value is -0.233. The summed E-state index contributed by atoms with van der Waals surface area (Å²) in [6.45, 7) is 5.82. The lowest BCUT2D eigenvalue weighted by atomic mass is 10.1. The molecule has 0 unspecified atom stereocenters. The molecular formula is C9H20O4Si. The smallest absolute Gasteiger partial charge is 0.163 e. The fraction of sp³-hybridized carbons (Fsp3) is 0.889. The van der Waals surface area contributed by atoms with Crippen molar-refractivity contribution < 1.29 is 20.1 Å². The number of rotatable bonds is 6. The van der Waals surface area contributed by atoms with Gasteiger partial charge in [-0.3, -0.25) is 4.79 Å². The van der Waals surface area contributed by atoms with Gasteiger partial charge in [0.25, 0.3) is 0 Å². The molecule has 2 atom stereocenters. The number of carbonyl (C=O) groups excluding carboxylic acids is 1. The zero-order chi connectivity index (χ0) is 11.4. The van der Waals surface area contributed by atoms with E-state index in [1.54, 1.807) is 0 Å². The van der Waals surface area contributed by atoms with Crippen molar-refractivity contribution in [2.75, 3.05) is 6.61 Å². The van der Waals surface area contributed by atoms with Gasteiger partial charge < -0.3 is 15.3 Å². The molecule has 0 saturated carbocycles. The van der Waals surface area contributed by atoms with Gasteiger partial charge in [0.1, 0.15) is 12.2 Å². The summed E-state index contributed by atoms with van der Waals surface area (Å²) < 4.78 is 0. The van der Waals surface area contributed by atoms with Gasteiger partial charge in [-0.2, -0.15) is 0 Å². The van der Waals surface area contributed by atoms with Crippen LogP contribution in [0.1, 0.15) is 6.42 Å². The molecule has 3 N–H and O–H groups in total. The third kappa shape index (κ3) is 5.49. The predicted octanol–water partition coefficient (Wildman–Crippen LogP) is -0.00210. The first-order valence-corrected chi connectivity index (χ1v) is 8.48. The molecule has 84 valence electrons. The van der Waals surface area contributed by atoms with E-state index in [0.717, 1.165) is 6.04 Å². The highest BCUT2D eigenvalue weighted by atomic mass is 28.3. The molecule has 0 rings (SSSR count). The number of ketones is 1. The highest BCUT2D eigenvalue weighted by molar-refractivity contribution is 6.76. The fourth-order valence-electron chi connectivity index (χ4n) is 0.961. The van der Waals surface area contributed by atoms with Gasteiger partial charge in [-0.05, 0) is 0 Å². The van der Waals surface area contributed by atoms with Crippen molar-refractivity contribution in [2.45, 2.75) is 44.3 Å². The Labute approximate surface area is 85.6 Å². The van der Waals surface area contributed by atoms with Gasteiger partial charge >= 0.3 is 0 Å². The number of aliphatic hydroxyl groups excluding tert-OH is 3. The topological polar surface area (TPSA) is 77.8 Å². The Balaban J connectivity index is 3.97. The Morgan fingerprint density at radius 1 is 1.29 bits per heavy atom. The lowest BCUT2D eigenvalue weighted by Gasteiger charge is -2.18. The van der Waals surface area contributed by atoms with Crippen LogP contribution < -0.4 is 0 Å². The van der Waals surface area contributed by atoms with Gasteiger partial charge in [0.05, 0.1) is 6.61 Å². The molecule has 0 radical (unpaired) electrons. The van der Waals surface area contributed by atoms with E-state index in [0.29, 0.717) is 0 Å². The lowest BCUT2D eigenvalue weighted by Crippen LogP contribution is -2.37. The molecule has 4 nitrogen and oxygen atoms in total. The predicted molar refractivity (Wildman–Crippen MR) is 56.9 cm³/mol. The summed E-state index contributed by atoms with van der Waals surface area (Å²) in [6.07, 6.45) is -2.49. The van der Waals surface area contributed by atoms with E-state index in [2.05, 4.69) is 19.6 Å². The van der Waals surface area contributed by atoms with Gasteiger partial charge in [0.2, 0.25) is 0 Å². The van der Waals surface area contributed by atoms with E-state index >= 15 is 0 Å². The Morgan fingerprint density at radius 3 is 2.14 bits per heavy atom. The minimum absolute atomic E-state index is 0.286. The zero-order valence-corrected chi connectivity index (χ0v) is 10.0. The fourth-order valence-corrected chi connectivity index (χ4v) is 1.96. The Bertz CT molecular complexity index is 188. The van der Waals surface area contributed by atoms with Crippen LogP contribution in [0.4, 0.5) is 0 Å². The second-order valence-corrected chi connectivity index (χ2v) is 10.3. The number of hydrogen-bond acceptors (Lipinski definition) is 4. The molecule has 0 aliphatic rings. The highest BCUT2D eigenvalue weighted by Crippen LogP contribution is 2.12. The molecule has 0 amide bonds. The number of hydrogen-bond donors (Lipinski definition) is 3. The van der Waals surface area contributed by atoms with Crippen LogP contribution in [0.2, 0.25) is 25.7 Å². The minimum Gasteiger partial charge on any atom is -0.394 e. The summed E-state index contributed by atoms with van der Waals surface area (Å²) >= 11 is 0. The van der Waals surface area contributed by atoms with Crippen molar-refractivity contribution in [3.05, 3.63) is 0 Å². The first-order chi connectivity index (χ1) is 6.28. The minimum atomic E-state index is -1.43. The van der Waals surface area contributed by atoms with Gasteiger partial charge in [0, 0.05) is 14.5 Å².